The second-order valence-electron chi connectivity index (χ2n) is 3.25. The lowest BCUT2D eigenvalue weighted by molar-refractivity contribution is 0.0966. The molecule has 0 bridgehead atoms. The molecule has 18 heavy (non-hydrogen) atoms. The Labute approximate surface area is 109 Å². The number of nitrogens with zero attached hydrogens (tertiary/aromatic N) is 1. The van der Waals surface area contributed by atoms with Crippen LogP contribution in [0, 0.1) is 12.8 Å². The van der Waals surface area contributed by atoms with E-state index in [2.05, 4.69) is 23.1 Å². The molecule has 0 aliphatic heterocycles. The third kappa shape index (κ3) is 5.66. The third-order valence-corrected chi connectivity index (χ3v) is 2.03. The van der Waals surface area contributed by atoms with Gasteiger partial charge in [-0.3, -0.25) is 9.78 Å². The highest BCUT2D eigenvalue weighted by Crippen LogP contribution is 1.99. The molecule has 0 aliphatic carbocycles. The van der Waals surface area contributed by atoms with Crippen molar-refractivity contribution in [2.75, 3.05) is 0 Å². The Morgan fingerprint density at radius 3 is 2.72 bits per heavy atom. The quantitative estimate of drug-likeness (QED) is 0.651. The molecule has 0 saturated carbocycles. The molecule has 94 valence electrons. The number of rotatable bonds is 4. The number of nitrogens with one attached hydrogen (secondary N) is 1. The summed E-state index contributed by atoms with van der Waals surface area (Å²) < 4.78 is 0. The van der Waals surface area contributed by atoms with Crippen LogP contribution in [0.1, 0.15) is 30.6 Å². The summed E-state index contributed by atoms with van der Waals surface area (Å²) in [5, 5.41) is 2.81. The number of allylic oxidation sites excluding steroid dienone is 3. The van der Waals surface area contributed by atoms with Crippen molar-refractivity contribution < 1.29 is 4.79 Å². The Morgan fingerprint density at radius 2 is 2.22 bits per heavy atom. The van der Waals surface area contributed by atoms with Crippen molar-refractivity contribution in [2.45, 2.75) is 20.3 Å². The molecule has 1 heterocycles. The number of hydrogen-bond donors (Lipinski definition) is 1. The summed E-state index contributed by atoms with van der Waals surface area (Å²) in [5.41, 5.74) is 1.36. The van der Waals surface area contributed by atoms with Crippen LogP contribution in [0.15, 0.2) is 48.5 Å². The van der Waals surface area contributed by atoms with Crippen molar-refractivity contribution in [3.05, 3.63) is 54.0 Å². The van der Waals surface area contributed by atoms with Crippen LogP contribution in [0.25, 0.3) is 0 Å². The van der Waals surface area contributed by atoms with Gasteiger partial charge in [0.25, 0.3) is 5.91 Å². The van der Waals surface area contributed by atoms with Gasteiger partial charge in [0, 0.05) is 18.1 Å². The molecular weight excluding hydrogens is 224 g/mol. The van der Waals surface area contributed by atoms with Crippen LogP contribution in [-0.4, -0.2) is 10.9 Å². The summed E-state index contributed by atoms with van der Waals surface area (Å²) in [6, 6.07) is 3.48. The van der Waals surface area contributed by atoms with E-state index in [0.717, 1.165) is 12.1 Å². The molecule has 0 spiro atoms. The Morgan fingerprint density at radius 1 is 1.50 bits per heavy atom. The van der Waals surface area contributed by atoms with Crippen LogP contribution in [0.4, 0.5) is 0 Å². The fourth-order valence-electron chi connectivity index (χ4n) is 1.16. The monoisotopic (exact) mass is 242 g/mol. The number of carbonyl (C=O) groups is 1. The van der Waals surface area contributed by atoms with E-state index < -0.39 is 0 Å². The maximum Gasteiger partial charge on any atom is 0.257 e. The zero-order valence-electron chi connectivity index (χ0n) is 10.8. The van der Waals surface area contributed by atoms with Crippen molar-refractivity contribution >= 4 is 5.91 Å². The minimum Gasteiger partial charge on any atom is -0.322 e. The molecule has 1 rings (SSSR count). The van der Waals surface area contributed by atoms with Crippen molar-refractivity contribution in [1.29, 1.82) is 0 Å². The van der Waals surface area contributed by atoms with Gasteiger partial charge in [-0.15, -0.1) is 12.8 Å². The Kier molecular flexibility index (Phi) is 8.57. The van der Waals surface area contributed by atoms with E-state index in [9.17, 15) is 4.79 Å². The number of terminal acetylenes is 1. The van der Waals surface area contributed by atoms with Gasteiger partial charge in [-0.1, -0.05) is 19.1 Å². The largest absolute Gasteiger partial charge is 0.322 e. The number of pyridine rings is 1. The van der Waals surface area contributed by atoms with E-state index in [1.807, 2.05) is 32.1 Å². The van der Waals surface area contributed by atoms with Crippen LogP contribution >= 0.6 is 0 Å². The Bertz CT molecular complexity index is 430. The van der Waals surface area contributed by atoms with Crippen LogP contribution in [-0.2, 0) is 0 Å². The first-order chi connectivity index (χ1) is 8.77. The third-order valence-electron chi connectivity index (χ3n) is 2.03. The van der Waals surface area contributed by atoms with Crippen molar-refractivity contribution in [1.82, 2.24) is 10.3 Å². The van der Waals surface area contributed by atoms with Crippen LogP contribution in [0.2, 0.25) is 0 Å². The molecule has 0 atom stereocenters. The SMILES string of the molecule is C#C.C/C=C(\C=C/CC)NC(=O)c1cccnc1. The first-order valence-corrected chi connectivity index (χ1v) is 5.65. The van der Waals surface area contributed by atoms with Crippen LogP contribution < -0.4 is 5.32 Å². The molecule has 1 amide bonds. The predicted molar refractivity (Wildman–Crippen MR) is 74.8 cm³/mol. The van der Waals surface area contributed by atoms with Crippen LogP contribution in [0.3, 0.4) is 0 Å². The molecule has 0 radical (unpaired) electrons. The van der Waals surface area contributed by atoms with Crippen molar-refractivity contribution in [2.24, 2.45) is 0 Å². The van der Waals surface area contributed by atoms with Gasteiger partial charge in [0.15, 0.2) is 0 Å². The second kappa shape index (κ2) is 9.86. The van der Waals surface area contributed by atoms with E-state index >= 15 is 0 Å². The normalized spacial score (nSPS) is 10.6. The zero-order chi connectivity index (χ0) is 13.8. The summed E-state index contributed by atoms with van der Waals surface area (Å²) >= 11 is 0. The van der Waals surface area contributed by atoms with E-state index in [1.54, 1.807) is 24.5 Å². The highest BCUT2D eigenvalue weighted by Gasteiger charge is 2.04. The number of amides is 1. The van der Waals surface area contributed by atoms with E-state index in [-0.39, 0.29) is 5.91 Å². The minimum atomic E-state index is -0.137. The molecular formula is C15H18N2O. The maximum absolute atomic E-state index is 11.8. The maximum atomic E-state index is 11.8. The summed E-state index contributed by atoms with van der Waals surface area (Å²) in [4.78, 5) is 15.7. The summed E-state index contributed by atoms with van der Waals surface area (Å²) in [5.74, 6) is -0.137. The fourth-order valence-corrected chi connectivity index (χ4v) is 1.16. The van der Waals surface area contributed by atoms with E-state index in [4.69, 9.17) is 0 Å². The lowest BCUT2D eigenvalue weighted by Crippen LogP contribution is -2.21. The molecule has 0 aliphatic rings. The smallest absolute Gasteiger partial charge is 0.257 e. The average molecular weight is 242 g/mol. The second-order valence-corrected chi connectivity index (χ2v) is 3.25. The lowest BCUT2D eigenvalue weighted by Gasteiger charge is -2.04. The van der Waals surface area contributed by atoms with E-state index in [0.29, 0.717) is 5.56 Å². The molecule has 0 fully saturated rings. The Hall–Kier alpha value is -2.34. The number of hydrogen-bond acceptors (Lipinski definition) is 2. The number of carbonyl (C=O) groups excluding carboxylic acids is 1. The van der Waals surface area contributed by atoms with Gasteiger partial charge in [-0.25, -0.2) is 0 Å². The van der Waals surface area contributed by atoms with Gasteiger partial charge in [0.05, 0.1) is 5.56 Å². The van der Waals surface area contributed by atoms with Gasteiger partial charge in [0.1, 0.15) is 0 Å². The molecule has 1 aromatic rings. The topological polar surface area (TPSA) is 42.0 Å². The first kappa shape index (κ1) is 15.7. The highest BCUT2D eigenvalue weighted by molar-refractivity contribution is 5.95. The highest BCUT2D eigenvalue weighted by atomic mass is 16.1. The fraction of sp³-hybridized carbons (Fsp3) is 0.200. The summed E-state index contributed by atoms with van der Waals surface area (Å²) in [7, 11) is 0. The first-order valence-electron chi connectivity index (χ1n) is 5.65. The van der Waals surface area contributed by atoms with Gasteiger partial charge in [-0.2, -0.15) is 0 Å². The lowest BCUT2D eigenvalue weighted by atomic mass is 10.2. The molecule has 1 aromatic heterocycles. The number of aromatic nitrogens is 1. The van der Waals surface area contributed by atoms with Gasteiger partial charge >= 0.3 is 0 Å². The molecule has 3 heteroatoms. The summed E-state index contributed by atoms with van der Waals surface area (Å²) in [6.07, 6.45) is 17.9. The summed E-state index contributed by atoms with van der Waals surface area (Å²) in [6.45, 7) is 3.94. The van der Waals surface area contributed by atoms with Gasteiger partial charge in [0.2, 0.25) is 0 Å². The molecule has 1 N–H and O–H groups in total. The standard InChI is InChI=1S/C13H16N2O.C2H2/c1-3-5-8-12(4-2)15-13(16)11-7-6-9-14-10-11;1-2/h4-10H,3H2,1-2H3,(H,15,16);1-2H/b8-5-,12-4+;. The average Bonchev–Trinajstić information content (AvgIpc) is 2.46. The van der Waals surface area contributed by atoms with E-state index in [1.165, 1.54) is 0 Å². The zero-order valence-corrected chi connectivity index (χ0v) is 10.8. The van der Waals surface area contributed by atoms with Gasteiger partial charge < -0.3 is 5.32 Å². The van der Waals surface area contributed by atoms with Crippen molar-refractivity contribution in [3.8, 4) is 12.8 Å². The van der Waals surface area contributed by atoms with Gasteiger partial charge in [-0.05, 0) is 31.6 Å². The Balaban J connectivity index is 0.00000137. The molecule has 3 nitrogen and oxygen atoms in total. The van der Waals surface area contributed by atoms with Crippen LogP contribution in [0.5, 0.6) is 0 Å². The van der Waals surface area contributed by atoms with Crippen molar-refractivity contribution in [3.63, 3.8) is 0 Å². The minimum absolute atomic E-state index is 0.137. The molecule has 0 saturated heterocycles. The molecule has 0 aromatic carbocycles. The molecule has 0 unspecified atom stereocenters. The predicted octanol–water partition coefficient (Wildman–Crippen LogP) is 2.93.